The number of sulfone groups is 1. The molecular formula is C8H17F2NO3S. The molecule has 7 heteroatoms. The quantitative estimate of drug-likeness (QED) is 0.592. The summed E-state index contributed by atoms with van der Waals surface area (Å²) in [6.07, 6.45) is 0.303. The molecule has 0 fully saturated rings. The lowest BCUT2D eigenvalue weighted by molar-refractivity contribution is -0.0473. The van der Waals surface area contributed by atoms with Gasteiger partial charge in [-0.25, -0.2) is 17.2 Å². The number of alkyl halides is 2. The molecule has 0 aliphatic rings. The molecule has 0 atom stereocenters. The summed E-state index contributed by atoms with van der Waals surface area (Å²) in [6.45, 7) is -0.0829. The second-order valence-corrected chi connectivity index (χ2v) is 5.75. The van der Waals surface area contributed by atoms with E-state index < -0.39 is 28.9 Å². The summed E-state index contributed by atoms with van der Waals surface area (Å²) in [6, 6.07) is 0. The van der Waals surface area contributed by atoms with Crippen molar-refractivity contribution in [2.45, 2.75) is 19.3 Å². The minimum atomic E-state index is -3.14. The first kappa shape index (κ1) is 14.7. The van der Waals surface area contributed by atoms with Crippen LogP contribution < -0.4 is 5.32 Å². The molecule has 0 saturated heterocycles. The lowest BCUT2D eigenvalue weighted by Crippen LogP contribution is -2.36. The van der Waals surface area contributed by atoms with Gasteiger partial charge in [0.05, 0.1) is 12.3 Å². The maximum atomic E-state index is 12.4. The highest BCUT2D eigenvalue weighted by molar-refractivity contribution is 7.91. The maximum absolute atomic E-state index is 12.4. The molecular weight excluding hydrogens is 228 g/mol. The van der Waals surface area contributed by atoms with Crippen LogP contribution in [0.3, 0.4) is 0 Å². The zero-order valence-electron chi connectivity index (χ0n) is 8.67. The number of rotatable bonds is 8. The van der Waals surface area contributed by atoms with E-state index >= 15 is 0 Å². The van der Waals surface area contributed by atoms with Gasteiger partial charge in [-0.2, -0.15) is 0 Å². The van der Waals surface area contributed by atoms with Crippen LogP contribution in [-0.2, 0) is 9.84 Å². The summed E-state index contributed by atoms with van der Waals surface area (Å²) in [5.74, 6) is -3.06. The van der Waals surface area contributed by atoms with Crippen LogP contribution in [0.25, 0.3) is 0 Å². The summed E-state index contributed by atoms with van der Waals surface area (Å²) in [5.41, 5.74) is 0. The van der Waals surface area contributed by atoms with Crippen molar-refractivity contribution >= 4 is 9.84 Å². The van der Waals surface area contributed by atoms with E-state index in [1.807, 2.05) is 0 Å². The third-order valence-corrected chi connectivity index (χ3v) is 3.65. The van der Waals surface area contributed by atoms with E-state index in [4.69, 9.17) is 5.11 Å². The molecule has 0 aliphatic carbocycles. The summed E-state index contributed by atoms with van der Waals surface area (Å²) in [5, 5.41) is 10.6. The van der Waals surface area contributed by atoms with Crippen molar-refractivity contribution in [3.05, 3.63) is 0 Å². The highest BCUT2D eigenvalue weighted by Gasteiger charge is 2.26. The summed E-state index contributed by atoms with van der Waals surface area (Å²) >= 11 is 0. The van der Waals surface area contributed by atoms with E-state index in [2.05, 4.69) is 5.32 Å². The monoisotopic (exact) mass is 245 g/mol. The highest BCUT2D eigenvalue weighted by atomic mass is 32.2. The fourth-order valence-electron chi connectivity index (χ4n) is 0.889. The standard InChI is InChI=1S/C8H17F2NO3S/c1-2-15(13,14)5-3-4-11-6-8(9,10)7-12/h11-12H,2-7H2,1H3. The second kappa shape index (κ2) is 6.34. The third kappa shape index (κ3) is 7.64. The fourth-order valence-corrected chi connectivity index (χ4v) is 1.76. The molecule has 0 spiro atoms. The van der Waals surface area contributed by atoms with E-state index in [0.29, 0.717) is 6.42 Å². The molecule has 4 nitrogen and oxygen atoms in total. The molecule has 2 N–H and O–H groups in total. The van der Waals surface area contributed by atoms with Crippen molar-refractivity contribution in [2.24, 2.45) is 0 Å². The van der Waals surface area contributed by atoms with Crippen LogP contribution in [0.5, 0.6) is 0 Å². The lowest BCUT2D eigenvalue weighted by atomic mass is 10.3. The smallest absolute Gasteiger partial charge is 0.282 e. The van der Waals surface area contributed by atoms with Gasteiger partial charge in [-0.15, -0.1) is 0 Å². The Morgan fingerprint density at radius 3 is 2.47 bits per heavy atom. The Balaban J connectivity index is 3.57. The average molecular weight is 245 g/mol. The van der Waals surface area contributed by atoms with E-state index in [9.17, 15) is 17.2 Å². The number of hydrogen-bond acceptors (Lipinski definition) is 4. The van der Waals surface area contributed by atoms with Crippen molar-refractivity contribution in [3.8, 4) is 0 Å². The van der Waals surface area contributed by atoms with Gasteiger partial charge < -0.3 is 10.4 Å². The van der Waals surface area contributed by atoms with Crippen molar-refractivity contribution in [3.63, 3.8) is 0 Å². The van der Waals surface area contributed by atoms with Gasteiger partial charge in [0.25, 0.3) is 5.92 Å². The first-order chi connectivity index (χ1) is 6.83. The Bertz CT molecular complexity index is 267. The van der Waals surface area contributed by atoms with Gasteiger partial charge in [0.2, 0.25) is 0 Å². The van der Waals surface area contributed by atoms with Gasteiger partial charge in [0.1, 0.15) is 16.4 Å². The molecule has 0 bridgehead atoms. The van der Waals surface area contributed by atoms with Crippen LogP contribution >= 0.6 is 0 Å². The minimum Gasteiger partial charge on any atom is -0.390 e. The highest BCUT2D eigenvalue weighted by Crippen LogP contribution is 2.09. The first-order valence-corrected chi connectivity index (χ1v) is 6.55. The van der Waals surface area contributed by atoms with Gasteiger partial charge in [0.15, 0.2) is 0 Å². The largest absolute Gasteiger partial charge is 0.390 e. The van der Waals surface area contributed by atoms with Gasteiger partial charge in [-0.3, -0.25) is 0 Å². The molecule has 0 aromatic rings. The van der Waals surface area contributed by atoms with E-state index in [0.717, 1.165) is 0 Å². The van der Waals surface area contributed by atoms with Gasteiger partial charge in [-0.1, -0.05) is 6.92 Å². The van der Waals surface area contributed by atoms with Gasteiger partial charge >= 0.3 is 0 Å². The molecule has 0 saturated carbocycles. The lowest BCUT2D eigenvalue weighted by Gasteiger charge is -2.13. The summed E-state index contributed by atoms with van der Waals surface area (Å²) in [4.78, 5) is 0. The van der Waals surface area contributed by atoms with E-state index in [1.165, 1.54) is 0 Å². The van der Waals surface area contributed by atoms with Crippen LogP contribution in [0.2, 0.25) is 0 Å². The zero-order valence-corrected chi connectivity index (χ0v) is 9.49. The van der Waals surface area contributed by atoms with Crippen molar-refractivity contribution in [1.82, 2.24) is 5.32 Å². The Hall–Kier alpha value is -0.270. The van der Waals surface area contributed by atoms with Crippen LogP contribution in [0.15, 0.2) is 0 Å². The average Bonchev–Trinajstić information content (AvgIpc) is 2.17. The molecule has 0 aromatic heterocycles. The number of halogens is 2. The molecule has 15 heavy (non-hydrogen) atoms. The van der Waals surface area contributed by atoms with Crippen molar-refractivity contribution in [1.29, 1.82) is 0 Å². The number of aliphatic hydroxyl groups is 1. The van der Waals surface area contributed by atoms with E-state index in [-0.39, 0.29) is 18.1 Å². The zero-order chi connectivity index (χ0) is 11.9. The number of nitrogens with one attached hydrogen (secondary N) is 1. The first-order valence-electron chi connectivity index (χ1n) is 4.73. The molecule has 0 aliphatic heterocycles. The van der Waals surface area contributed by atoms with Crippen molar-refractivity contribution < 1.29 is 22.3 Å². The molecule has 0 aromatic carbocycles. The number of aliphatic hydroxyl groups excluding tert-OH is 1. The van der Waals surface area contributed by atoms with Crippen LogP contribution in [0, 0.1) is 0 Å². The minimum absolute atomic E-state index is 0.00119. The normalized spacial score (nSPS) is 13.1. The predicted molar refractivity (Wildman–Crippen MR) is 53.8 cm³/mol. The van der Waals surface area contributed by atoms with Gasteiger partial charge in [-0.05, 0) is 13.0 Å². The summed E-state index contributed by atoms with van der Waals surface area (Å²) < 4.78 is 46.9. The molecule has 0 unspecified atom stereocenters. The molecule has 0 amide bonds. The third-order valence-electron chi connectivity index (χ3n) is 1.86. The van der Waals surface area contributed by atoms with E-state index in [1.54, 1.807) is 6.92 Å². The van der Waals surface area contributed by atoms with Crippen LogP contribution in [-0.4, -0.2) is 50.6 Å². The van der Waals surface area contributed by atoms with Crippen molar-refractivity contribution in [2.75, 3.05) is 31.2 Å². The Labute approximate surface area is 88.6 Å². The SMILES string of the molecule is CCS(=O)(=O)CCCNCC(F)(F)CO. The maximum Gasteiger partial charge on any atom is 0.282 e. The fraction of sp³-hybridized carbons (Fsp3) is 1.00. The van der Waals surface area contributed by atoms with Crippen LogP contribution in [0.4, 0.5) is 8.78 Å². The Morgan fingerprint density at radius 2 is 2.00 bits per heavy atom. The number of hydrogen-bond donors (Lipinski definition) is 2. The Morgan fingerprint density at radius 1 is 1.40 bits per heavy atom. The topological polar surface area (TPSA) is 66.4 Å². The van der Waals surface area contributed by atoms with Crippen LogP contribution in [0.1, 0.15) is 13.3 Å². The van der Waals surface area contributed by atoms with Gasteiger partial charge in [0, 0.05) is 5.75 Å². The second-order valence-electron chi connectivity index (χ2n) is 3.28. The predicted octanol–water partition coefficient (Wildman–Crippen LogP) is 0.0284. The molecule has 0 rings (SSSR count). The summed E-state index contributed by atoms with van der Waals surface area (Å²) in [7, 11) is -3.02. The molecule has 92 valence electrons. The molecule has 0 heterocycles. The molecule has 0 radical (unpaired) electrons. The Kier molecular flexibility index (Phi) is 6.23.